The number of ether oxygens (including phenoxy) is 2. The fraction of sp³-hybridized carbons (Fsp3) is 0.524. The minimum absolute atomic E-state index is 0.798. The molecule has 0 aliphatic heterocycles. The van der Waals surface area contributed by atoms with Crippen molar-refractivity contribution in [2.75, 3.05) is 18.5 Å². The average Bonchev–Trinajstić information content (AvgIpc) is 2.61. The van der Waals surface area contributed by atoms with Crippen molar-refractivity contribution < 1.29 is 9.47 Å². The summed E-state index contributed by atoms with van der Waals surface area (Å²) in [6.07, 6.45) is 8.45. The third kappa shape index (κ3) is 6.72. The van der Waals surface area contributed by atoms with Gasteiger partial charge in [0.05, 0.1) is 13.2 Å². The van der Waals surface area contributed by atoms with Crippen LogP contribution in [0.2, 0.25) is 0 Å². The highest BCUT2D eigenvalue weighted by molar-refractivity contribution is 9.09. The van der Waals surface area contributed by atoms with Crippen LogP contribution >= 0.6 is 15.9 Å². The quantitative estimate of drug-likeness (QED) is 0.294. The van der Waals surface area contributed by atoms with E-state index in [9.17, 15) is 0 Å². The highest BCUT2D eigenvalue weighted by Crippen LogP contribution is 2.25. The molecule has 0 bridgehead atoms. The van der Waals surface area contributed by atoms with Crippen LogP contribution in [0.5, 0.6) is 11.5 Å². The molecule has 2 rings (SSSR count). The molecule has 2 aromatic carbocycles. The predicted octanol–water partition coefficient (Wildman–Crippen LogP) is 6.74. The molecule has 2 nitrogen and oxygen atoms in total. The second-order valence-electron chi connectivity index (χ2n) is 6.18. The van der Waals surface area contributed by atoms with Gasteiger partial charge < -0.3 is 9.47 Å². The van der Waals surface area contributed by atoms with Gasteiger partial charge in [-0.05, 0) is 54.3 Å². The minimum Gasteiger partial charge on any atom is -0.494 e. The molecule has 3 heteroatoms. The molecule has 0 spiro atoms. The zero-order chi connectivity index (χ0) is 17.0. The lowest BCUT2D eigenvalue weighted by Crippen LogP contribution is -1.98. The molecule has 132 valence electrons. The van der Waals surface area contributed by atoms with Crippen molar-refractivity contribution >= 4 is 26.7 Å². The van der Waals surface area contributed by atoms with E-state index in [2.05, 4.69) is 59.3 Å². The van der Waals surface area contributed by atoms with Gasteiger partial charge in [0.2, 0.25) is 0 Å². The molecular formula is C21H29BrO2. The Balaban J connectivity index is 1.82. The van der Waals surface area contributed by atoms with Crippen LogP contribution in [-0.2, 0) is 0 Å². The van der Waals surface area contributed by atoms with E-state index in [1.807, 2.05) is 0 Å². The van der Waals surface area contributed by atoms with Crippen LogP contribution in [0, 0.1) is 0 Å². The lowest BCUT2D eigenvalue weighted by atomic mass is 10.1. The number of alkyl halides is 1. The fourth-order valence-electron chi connectivity index (χ4n) is 2.66. The molecule has 0 aliphatic rings. The highest BCUT2D eigenvalue weighted by atomic mass is 79.9. The van der Waals surface area contributed by atoms with Gasteiger partial charge in [-0.3, -0.25) is 0 Å². The molecule has 24 heavy (non-hydrogen) atoms. The molecular weight excluding hydrogens is 364 g/mol. The van der Waals surface area contributed by atoms with Gasteiger partial charge in [-0.25, -0.2) is 0 Å². The van der Waals surface area contributed by atoms with E-state index in [4.69, 9.17) is 9.47 Å². The Hall–Kier alpha value is -1.22. The van der Waals surface area contributed by atoms with Crippen LogP contribution in [0.4, 0.5) is 0 Å². The van der Waals surface area contributed by atoms with Crippen molar-refractivity contribution in [2.45, 2.75) is 51.9 Å². The monoisotopic (exact) mass is 392 g/mol. The molecule has 0 saturated carbocycles. The predicted molar refractivity (Wildman–Crippen MR) is 107 cm³/mol. The Labute approximate surface area is 154 Å². The van der Waals surface area contributed by atoms with Gasteiger partial charge in [0.25, 0.3) is 0 Å². The van der Waals surface area contributed by atoms with Gasteiger partial charge in [-0.15, -0.1) is 0 Å². The lowest BCUT2D eigenvalue weighted by Gasteiger charge is -2.09. The van der Waals surface area contributed by atoms with Crippen LogP contribution in [0.1, 0.15) is 51.9 Å². The summed E-state index contributed by atoms with van der Waals surface area (Å²) in [7, 11) is 0. The van der Waals surface area contributed by atoms with E-state index in [0.29, 0.717) is 0 Å². The van der Waals surface area contributed by atoms with Crippen molar-refractivity contribution in [3.63, 3.8) is 0 Å². The smallest absolute Gasteiger partial charge is 0.119 e. The van der Waals surface area contributed by atoms with Crippen molar-refractivity contribution in [3.8, 4) is 11.5 Å². The first kappa shape index (κ1) is 19.1. The first-order valence-electron chi connectivity index (χ1n) is 9.19. The number of hydrogen-bond acceptors (Lipinski definition) is 2. The second kappa shape index (κ2) is 11.4. The largest absolute Gasteiger partial charge is 0.494 e. The molecule has 0 aliphatic carbocycles. The maximum Gasteiger partial charge on any atom is 0.119 e. The summed E-state index contributed by atoms with van der Waals surface area (Å²) in [5.74, 6) is 1.92. The highest BCUT2D eigenvalue weighted by Gasteiger charge is 2.01. The average molecular weight is 393 g/mol. The number of hydrogen-bond donors (Lipinski definition) is 0. The number of unbranched alkanes of at least 4 members (excludes halogenated alkanes) is 5. The Morgan fingerprint density at radius 2 is 1.25 bits per heavy atom. The SMILES string of the molecule is CCCCCOc1ccc2cc(OCCCCCCBr)ccc2c1. The Bertz CT molecular complexity index is 597. The molecule has 0 heterocycles. The van der Waals surface area contributed by atoms with Crippen LogP contribution < -0.4 is 9.47 Å². The van der Waals surface area contributed by atoms with E-state index in [1.54, 1.807) is 0 Å². The third-order valence-corrected chi connectivity index (χ3v) is 4.66. The van der Waals surface area contributed by atoms with Gasteiger partial charge in [-0.1, -0.05) is 60.7 Å². The van der Waals surface area contributed by atoms with E-state index >= 15 is 0 Å². The molecule has 0 unspecified atom stereocenters. The first-order valence-corrected chi connectivity index (χ1v) is 10.3. The first-order chi connectivity index (χ1) is 11.8. The van der Waals surface area contributed by atoms with Crippen molar-refractivity contribution in [3.05, 3.63) is 36.4 Å². The van der Waals surface area contributed by atoms with Crippen molar-refractivity contribution in [1.29, 1.82) is 0 Å². The molecule has 2 aromatic rings. The van der Waals surface area contributed by atoms with E-state index in [-0.39, 0.29) is 0 Å². The zero-order valence-electron chi connectivity index (χ0n) is 14.7. The number of benzene rings is 2. The van der Waals surface area contributed by atoms with E-state index in [1.165, 1.54) is 42.9 Å². The van der Waals surface area contributed by atoms with Crippen LogP contribution in [-0.4, -0.2) is 18.5 Å². The Morgan fingerprint density at radius 1 is 0.708 bits per heavy atom. The van der Waals surface area contributed by atoms with Crippen LogP contribution in [0.15, 0.2) is 36.4 Å². The van der Waals surface area contributed by atoms with Crippen LogP contribution in [0.25, 0.3) is 10.8 Å². The second-order valence-corrected chi connectivity index (χ2v) is 6.97. The van der Waals surface area contributed by atoms with Gasteiger partial charge in [0.15, 0.2) is 0 Å². The minimum atomic E-state index is 0.798. The summed E-state index contributed by atoms with van der Waals surface area (Å²) < 4.78 is 11.7. The normalized spacial score (nSPS) is 10.9. The van der Waals surface area contributed by atoms with Crippen molar-refractivity contribution in [1.82, 2.24) is 0 Å². The summed E-state index contributed by atoms with van der Waals surface area (Å²) in [6, 6.07) is 12.6. The summed E-state index contributed by atoms with van der Waals surface area (Å²) in [6.45, 7) is 3.81. The molecule has 0 saturated heterocycles. The summed E-state index contributed by atoms with van der Waals surface area (Å²) in [5.41, 5.74) is 0. The number of fused-ring (bicyclic) bond motifs is 1. The topological polar surface area (TPSA) is 18.5 Å². The van der Waals surface area contributed by atoms with Gasteiger partial charge in [0.1, 0.15) is 11.5 Å². The van der Waals surface area contributed by atoms with E-state index in [0.717, 1.165) is 42.9 Å². The maximum absolute atomic E-state index is 5.87. The number of halogens is 1. The fourth-order valence-corrected chi connectivity index (χ4v) is 3.06. The zero-order valence-corrected chi connectivity index (χ0v) is 16.3. The van der Waals surface area contributed by atoms with Crippen LogP contribution in [0.3, 0.4) is 0 Å². The lowest BCUT2D eigenvalue weighted by molar-refractivity contribution is 0.305. The summed E-state index contributed by atoms with van der Waals surface area (Å²) in [5, 5.41) is 3.50. The van der Waals surface area contributed by atoms with Gasteiger partial charge in [-0.2, -0.15) is 0 Å². The number of rotatable bonds is 12. The standard InChI is InChI=1S/C21H29BrO2/c1-2-3-7-14-23-20-11-9-19-17-21(12-10-18(19)16-20)24-15-8-5-4-6-13-22/h9-12,16-17H,2-8,13-15H2,1H3. The van der Waals surface area contributed by atoms with Crippen molar-refractivity contribution in [2.24, 2.45) is 0 Å². The molecule has 0 atom stereocenters. The third-order valence-electron chi connectivity index (χ3n) is 4.10. The molecule has 0 aromatic heterocycles. The van der Waals surface area contributed by atoms with Gasteiger partial charge in [0, 0.05) is 5.33 Å². The maximum atomic E-state index is 5.87. The molecule has 0 N–H and O–H groups in total. The van der Waals surface area contributed by atoms with Gasteiger partial charge >= 0.3 is 0 Å². The molecule has 0 radical (unpaired) electrons. The Kier molecular flexibility index (Phi) is 9.04. The van der Waals surface area contributed by atoms with E-state index < -0.39 is 0 Å². The Morgan fingerprint density at radius 3 is 1.79 bits per heavy atom. The molecule has 0 fully saturated rings. The summed E-state index contributed by atoms with van der Waals surface area (Å²) in [4.78, 5) is 0. The summed E-state index contributed by atoms with van der Waals surface area (Å²) >= 11 is 3.46. The molecule has 0 amide bonds.